The minimum absolute atomic E-state index is 0.0188. The Hall–Kier alpha value is -3.40. The summed E-state index contributed by atoms with van der Waals surface area (Å²) in [6.45, 7) is 3.99. The maximum atomic E-state index is 12.0. The van der Waals surface area contributed by atoms with Crippen LogP contribution < -0.4 is 15.0 Å². The summed E-state index contributed by atoms with van der Waals surface area (Å²) in [4.78, 5) is 30.2. The molecule has 1 aromatic carbocycles. The lowest BCUT2D eigenvalue weighted by Gasteiger charge is -2.23. The number of hydrogen-bond donors (Lipinski definition) is 2. The van der Waals surface area contributed by atoms with E-state index in [-0.39, 0.29) is 18.6 Å². The van der Waals surface area contributed by atoms with Gasteiger partial charge >= 0.3 is 0 Å². The van der Waals surface area contributed by atoms with Crippen molar-refractivity contribution in [2.45, 2.75) is 38.3 Å². The molecule has 2 aliphatic rings. The van der Waals surface area contributed by atoms with Crippen LogP contribution in [0.2, 0.25) is 0 Å². The van der Waals surface area contributed by atoms with Crippen molar-refractivity contribution in [1.82, 2.24) is 24.4 Å². The van der Waals surface area contributed by atoms with E-state index >= 15 is 0 Å². The highest BCUT2D eigenvalue weighted by molar-refractivity contribution is 5.84. The molecule has 2 aromatic heterocycles. The number of para-hydroxylation sites is 1. The highest BCUT2D eigenvalue weighted by Crippen LogP contribution is 2.27. The quantitative estimate of drug-likeness (QED) is 0.437. The lowest BCUT2D eigenvalue weighted by Crippen LogP contribution is -2.33. The monoisotopic (exact) mass is 465 g/mol. The predicted octanol–water partition coefficient (Wildman–Crippen LogP) is 1.90. The van der Waals surface area contributed by atoms with Crippen molar-refractivity contribution < 1.29 is 14.6 Å². The molecule has 2 N–H and O–H groups in total. The van der Waals surface area contributed by atoms with E-state index in [0.717, 1.165) is 43.7 Å². The first-order valence-corrected chi connectivity index (χ1v) is 12.0. The maximum absolute atomic E-state index is 12.0. The van der Waals surface area contributed by atoms with Gasteiger partial charge in [-0.05, 0) is 31.4 Å². The van der Waals surface area contributed by atoms with Crippen LogP contribution in [-0.4, -0.2) is 80.9 Å². The van der Waals surface area contributed by atoms with Gasteiger partial charge < -0.3 is 29.5 Å². The lowest BCUT2D eigenvalue weighted by molar-refractivity contribution is -0.127. The van der Waals surface area contributed by atoms with Gasteiger partial charge in [0, 0.05) is 32.6 Å². The maximum Gasteiger partial charge on any atom is 0.229 e. The van der Waals surface area contributed by atoms with Crippen LogP contribution in [0.5, 0.6) is 5.75 Å². The van der Waals surface area contributed by atoms with Gasteiger partial charge in [-0.2, -0.15) is 9.97 Å². The molecule has 0 aliphatic carbocycles. The van der Waals surface area contributed by atoms with Crippen LogP contribution in [0.4, 0.5) is 11.8 Å². The molecule has 10 heteroatoms. The summed E-state index contributed by atoms with van der Waals surface area (Å²) in [7, 11) is 0. The van der Waals surface area contributed by atoms with E-state index in [0.29, 0.717) is 49.9 Å². The highest BCUT2D eigenvalue weighted by Gasteiger charge is 2.28. The molecule has 2 aliphatic heterocycles. The molecule has 0 radical (unpaired) electrons. The van der Waals surface area contributed by atoms with Gasteiger partial charge in [-0.15, -0.1) is 0 Å². The first-order chi connectivity index (χ1) is 16.7. The molecule has 2 saturated heterocycles. The third-order valence-corrected chi connectivity index (χ3v) is 6.49. The molecular formula is C24H31N7O3. The highest BCUT2D eigenvalue weighted by atomic mass is 16.5. The first kappa shape index (κ1) is 22.4. The number of ether oxygens (including phenoxy) is 1. The van der Waals surface area contributed by atoms with Crippen LogP contribution in [0.1, 0.15) is 25.7 Å². The molecule has 34 heavy (non-hydrogen) atoms. The Bertz CT molecular complexity index is 1120. The number of nitrogens with zero attached hydrogens (tertiary/aromatic N) is 6. The van der Waals surface area contributed by atoms with Crippen molar-refractivity contribution in [3.05, 3.63) is 36.7 Å². The standard InChI is InChI=1S/C24H31N7O3/c32-16-18-6-4-12-31(18)24-27-22(25-10-15-34-19-7-2-1-3-8-19)21-23(28-24)30(17-26-21)14-13-29-11-5-9-20(29)33/h1-3,7-8,17-18,32H,4-6,9-16H2,(H,25,27,28). The number of benzene rings is 1. The van der Waals surface area contributed by atoms with Crippen LogP contribution in [0.15, 0.2) is 36.7 Å². The summed E-state index contributed by atoms with van der Waals surface area (Å²) >= 11 is 0. The predicted molar refractivity (Wildman–Crippen MR) is 129 cm³/mol. The zero-order valence-electron chi connectivity index (χ0n) is 19.3. The molecule has 0 spiro atoms. The van der Waals surface area contributed by atoms with E-state index in [2.05, 4.69) is 15.2 Å². The molecule has 1 unspecified atom stereocenters. The molecule has 3 aromatic rings. The Morgan fingerprint density at radius 3 is 2.79 bits per heavy atom. The molecule has 5 rings (SSSR count). The van der Waals surface area contributed by atoms with Crippen LogP contribution in [0.25, 0.3) is 11.2 Å². The summed E-state index contributed by atoms with van der Waals surface area (Å²) in [6, 6.07) is 9.72. The number of aromatic nitrogens is 4. The molecule has 0 bridgehead atoms. The number of likely N-dealkylation sites (tertiary alicyclic amines) is 1. The molecule has 10 nitrogen and oxygen atoms in total. The SMILES string of the molecule is O=C1CCCN1CCn1cnc2c(NCCOc3ccccc3)nc(N3CCCC3CO)nc21. The summed E-state index contributed by atoms with van der Waals surface area (Å²) in [5.41, 5.74) is 1.42. The normalized spacial score (nSPS) is 18.3. The number of nitrogens with one attached hydrogen (secondary N) is 1. The van der Waals surface area contributed by atoms with Crippen LogP contribution in [-0.2, 0) is 11.3 Å². The fourth-order valence-electron chi connectivity index (χ4n) is 4.66. The van der Waals surface area contributed by atoms with Crippen LogP contribution >= 0.6 is 0 Å². The van der Waals surface area contributed by atoms with Crippen molar-refractivity contribution in [1.29, 1.82) is 0 Å². The number of aliphatic hydroxyl groups excluding tert-OH is 1. The third-order valence-electron chi connectivity index (χ3n) is 6.49. The number of fused-ring (bicyclic) bond motifs is 1. The Balaban J connectivity index is 1.36. The average molecular weight is 466 g/mol. The smallest absolute Gasteiger partial charge is 0.229 e. The van der Waals surface area contributed by atoms with Crippen molar-refractivity contribution in [2.24, 2.45) is 0 Å². The number of carbonyl (C=O) groups excluding carboxylic acids is 1. The van der Waals surface area contributed by atoms with Crippen LogP contribution in [0.3, 0.4) is 0 Å². The van der Waals surface area contributed by atoms with Crippen molar-refractivity contribution in [2.75, 3.05) is 49.6 Å². The second-order valence-corrected chi connectivity index (χ2v) is 8.73. The van der Waals surface area contributed by atoms with Crippen LogP contribution in [0, 0.1) is 0 Å². The van der Waals surface area contributed by atoms with E-state index in [4.69, 9.17) is 14.7 Å². The molecule has 180 valence electrons. The molecule has 0 saturated carbocycles. The van der Waals surface area contributed by atoms with Gasteiger partial charge in [0.25, 0.3) is 0 Å². The number of amides is 1. The first-order valence-electron chi connectivity index (χ1n) is 12.0. The summed E-state index contributed by atoms with van der Waals surface area (Å²) in [6.07, 6.45) is 5.24. The molecule has 1 amide bonds. The minimum Gasteiger partial charge on any atom is -0.492 e. The number of hydrogen-bond acceptors (Lipinski definition) is 8. The van der Waals surface area contributed by atoms with Gasteiger partial charge in [-0.25, -0.2) is 4.98 Å². The molecule has 4 heterocycles. The van der Waals surface area contributed by atoms with Gasteiger partial charge in [0.1, 0.15) is 12.4 Å². The number of imidazole rings is 1. The Morgan fingerprint density at radius 1 is 1.12 bits per heavy atom. The third kappa shape index (κ3) is 4.77. The van der Waals surface area contributed by atoms with Crippen molar-refractivity contribution in [3.63, 3.8) is 0 Å². The molecule has 2 fully saturated rings. The van der Waals surface area contributed by atoms with Gasteiger partial charge in [-0.1, -0.05) is 18.2 Å². The number of carbonyl (C=O) groups is 1. The van der Waals surface area contributed by atoms with E-state index in [1.54, 1.807) is 6.33 Å². The van der Waals surface area contributed by atoms with E-state index in [9.17, 15) is 9.90 Å². The van der Waals surface area contributed by atoms with Gasteiger partial charge in [0.15, 0.2) is 17.0 Å². The summed E-state index contributed by atoms with van der Waals surface area (Å²) in [5, 5.41) is 13.2. The second kappa shape index (κ2) is 10.3. The molecular weight excluding hydrogens is 434 g/mol. The van der Waals surface area contributed by atoms with E-state index in [1.807, 2.05) is 39.8 Å². The average Bonchev–Trinajstić information content (AvgIpc) is 3.60. The van der Waals surface area contributed by atoms with Crippen molar-refractivity contribution >= 4 is 28.8 Å². The summed E-state index contributed by atoms with van der Waals surface area (Å²) in [5.74, 6) is 2.27. The minimum atomic E-state index is 0.0188. The molecule has 1 atom stereocenters. The van der Waals surface area contributed by atoms with Gasteiger partial charge in [-0.3, -0.25) is 4.79 Å². The topological polar surface area (TPSA) is 109 Å². The fourth-order valence-corrected chi connectivity index (χ4v) is 4.66. The summed E-state index contributed by atoms with van der Waals surface area (Å²) < 4.78 is 7.79. The zero-order chi connectivity index (χ0) is 23.3. The number of anilines is 2. The number of rotatable bonds is 10. The zero-order valence-corrected chi connectivity index (χ0v) is 19.3. The lowest BCUT2D eigenvalue weighted by atomic mass is 10.2. The van der Waals surface area contributed by atoms with E-state index < -0.39 is 0 Å². The Morgan fingerprint density at radius 2 is 2.00 bits per heavy atom. The van der Waals surface area contributed by atoms with Gasteiger partial charge in [0.05, 0.1) is 25.5 Å². The second-order valence-electron chi connectivity index (χ2n) is 8.73. The fraction of sp³-hybridized carbons (Fsp3) is 0.500. The largest absolute Gasteiger partial charge is 0.492 e. The Kier molecular flexibility index (Phi) is 6.75. The number of aliphatic hydroxyl groups is 1. The van der Waals surface area contributed by atoms with Gasteiger partial charge in [0.2, 0.25) is 11.9 Å². The Labute approximate surface area is 198 Å². The van der Waals surface area contributed by atoms with E-state index in [1.165, 1.54) is 0 Å². The van der Waals surface area contributed by atoms with Crippen molar-refractivity contribution in [3.8, 4) is 5.75 Å².